The van der Waals surface area contributed by atoms with Crippen molar-refractivity contribution in [3.05, 3.63) is 29.6 Å². The lowest BCUT2D eigenvalue weighted by atomic mass is 9.87. The number of benzene rings is 1. The fourth-order valence-electron chi connectivity index (χ4n) is 1.35. The average Bonchev–Trinajstić information content (AvgIpc) is 2.29. The van der Waals surface area contributed by atoms with Gasteiger partial charge in [0.2, 0.25) is 5.91 Å². The molecule has 0 aliphatic carbocycles. The summed E-state index contributed by atoms with van der Waals surface area (Å²) >= 11 is 0. The first-order valence-corrected chi connectivity index (χ1v) is 5.72. The van der Waals surface area contributed by atoms with Gasteiger partial charge in [-0.3, -0.25) is 4.79 Å². The van der Waals surface area contributed by atoms with E-state index in [-0.39, 0.29) is 11.3 Å². The Balaban J connectivity index is 2.89. The number of anilines is 1. The molecule has 6 heteroatoms. The molecule has 1 atom stereocenters. The first-order chi connectivity index (χ1) is 8.62. The van der Waals surface area contributed by atoms with E-state index in [1.807, 2.05) is 0 Å². The zero-order valence-electron chi connectivity index (χ0n) is 11.0. The van der Waals surface area contributed by atoms with Crippen molar-refractivity contribution in [2.75, 3.05) is 5.32 Å². The summed E-state index contributed by atoms with van der Waals surface area (Å²) in [6.07, 6.45) is 0. The second-order valence-electron chi connectivity index (χ2n) is 5.33. The highest BCUT2D eigenvalue weighted by Gasteiger charge is 2.28. The lowest BCUT2D eigenvalue weighted by Gasteiger charge is -2.25. The van der Waals surface area contributed by atoms with Crippen LogP contribution in [0.25, 0.3) is 0 Å². The highest BCUT2D eigenvalue weighted by atomic mass is 19.1. The highest BCUT2D eigenvalue weighted by Crippen LogP contribution is 2.20. The minimum absolute atomic E-state index is 0.0882. The lowest BCUT2D eigenvalue weighted by molar-refractivity contribution is -0.119. The third kappa shape index (κ3) is 3.75. The number of carbonyl (C=O) groups is 2. The minimum Gasteiger partial charge on any atom is -0.478 e. The van der Waals surface area contributed by atoms with Gasteiger partial charge >= 0.3 is 5.97 Å². The van der Waals surface area contributed by atoms with Gasteiger partial charge in [0.15, 0.2) is 0 Å². The maximum absolute atomic E-state index is 13.6. The number of nitrogens with two attached hydrogens (primary N) is 1. The fourth-order valence-corrected chi connectivity index (χ4v) is 1.35. The Hall–Kier alpha value is -1.95. The van der Waals surface area contributed by atoms with Crippen molar-refractivity contribution in [1.82, 2.24) is 0 Å². The molecule has 0 bridgehead atoms. The summed E-state index contributed by atoms with van der Waals surface area (Å²) in [5, 5.41) is 11.1. The molecule has 1 rings (SSSR count). The largest absolute Gasteiger partial charge is 0.478 e. The summed E-state index contributed by atoms with van der Waals surface area (Å²) in [4.78, 5) is 22.5. The van der Waals surface area contributed by atoms with Crippen LogP contribution in [0, 0.1) is 11.2 Å². The normalized spacial score (nSPS) is 12.9. The van der Waals surface area contributed by atoms with Crippen molar-refractivity contribution in [3.8, 4) is 0 Å². The number of carbonyl (C=O) groups excluding carboxylic acids is 1. The summed E-state index contributed by atoms with van der Waals surface area (Å²) in [6.45, 7) is 5.38. The predicted octanol–water partition coefficient (Wildman–Crippen LogP) is 1.84. The summed E-state index contributed by atoms with van der Waals surface area (Å²) in [6, 6.07) is 2.46. The van der Waals surface area contributed by atoms with E-state index in [4.69, 9.17) is 10.8 Å². The van der Waals surface area contributed by atoms with Crippen molar-refractivity contribution >= 4 is 17.6 Å². The zero-order valence-corrected chi connectivity index (χ0v) is 11.0. The molecule has 1 amide bonds. The Morgan fingerprint density at radius 2 is 1.95 bits per heavy atom. The maximum Gasteiger partial charge on any atom is 0.335 e. The molecular weight excluding hydrogens is 251 g/mol. The van der Waals surface area contributed by atoms with Crippen molar-refractivity contribution < 1.29 is 19.1 Å². The smallest absolute Gasteiger partial charge is 0.335 e. The molecule has 0 radical (unpaired) electrons. The predicted molar refractivity (Wildman–Crippen MR) is 69.4 cm³/mol. The van der Waals surface area contributed by atoms with E-state index < -0.39 is 29.2 Å². The fraction of sp³-hybridized carbons (Fsp3) is 0.385. The molecule has 0 spiro atoms. The molecule has 104 valence electrons. The minimum atomic E-state index is -1.23. The van der Waals surface area contributed by atoms with Crippen LogP contribution in [0.1, 0.15) is 31.1 Å². The van der Waals surface area contributed by atoms with Crippen LogP contribution in [0.15, 0.2) is 18.2 Å². The molecule has 1 aromatic rings. The van der Waals surface area contributed by atoms with Crippen LogP contribution in [0.3, 0.4) is 0 Å². The van der Waals surface area contributed by atoms with Gasteiger partial charge in [-0.2, -0.15) is 0 Å². The Morgan fingerprint density at radius 1 is 1.37 bits per heavy atom. The first kappa shape index (κ1) is 15.1. The Labute approximate surface area is 110 Å². The van der Waals surface area contributed by atoms with Gasteiger partial charge in [0.05, 0.1) is 17.3 Å². The van der Waals surface area contributed by atoms with Crippen LogP contribution in [-0.2, 0) is 4.79 Å². The molecule has 0 aliphatic heterocycles. The number of halogens is 1. The standard InChI is InChI=1S/C13H17FN2O3/c1-13(2,3)10(15)11(17)16-9-5-4-7(12(18)19)6-8(9)14/h4-6,10H,15H2,1-3H3,(H,16,17)(H,18,19)/t10-/m1/s1. The van der Waals surface area contributed by atoms with E-state index in [0.717, 1.165) is 6.07 Å². The van der Waals surface area contributed by atoms with Crippen molar-refractivity contribution in [2.24, 2.45) is 11.1 Å². The van der Waals surface area contributed by atoms with E-state index in [9.17, 15) is 14.0 Å². The number of carboxylic acids is 1. The summed E-state index contributed by atoms with van der Waals surface area (Å²) in [7, 11) is 0. The highest BCUT2D eigenvalue weighted by molar-refractivity contribution is 5.96. The van der Waals surface area contributed by atoms with E-state index in [2.05, 4.69) is 5.32 Å². The van der Waals surface area contributed by atoms with Crippen LogP contribution in [0.4, 0.5) is 10.1 Å². The van der Waals surface area contributed by atoms with Gasteiger partial charge in [0.25, 0.3) is 0 Å². The number of hydrogen-bond donors (Lipinski definition) is 3. The van der Waals surface area contributed by atoms with E-state index in [1.54, 1.807) is 20.8 Å². The van der Waals surface area contributed by atoms with Gasteiger partial charge in [-0.15, -0.1) is 0 Å². The zero-order chi connectivity index (χ0) is 14.8. The van der Waals surface area contributed by atoms with Gasteiger partial charge in [-0.25, -0.2) is 9.18 Å². The van der Waals surface area contributed by atoms with E-state index >= 15 is 0 Å². The Kier molecular flexibility index (Phi) is 4.26. The molecule has 0 fully saturated rings. The summed E-state index contributed by atoms with van der Waals surface area (Å²) in [5.41, 5.74) is 5.01. The Bertz CT molecular complexity index is 509. The summed E-state index contributed by atoms with van der Waals surface area (Å²) in [5.74, 6) is -2.56. The van der Waals surface area contributed by atoms with Crippen molar-refractivity contribution in [1.29, 1.82) is 0 Å². The molecule has 5 nitrogen and oxygen atoms in total. The van der Waals surface area contributed by atoms with Crippen LogP contribution in [-0.4, -0.2) is 23.0 Å². The van der Waals surface area contributed by atoms with Crippen LogP contribution >= 0.6 is 0 Å². The molecule has 0 saturated carbocycles. The van der Waals surface area contributed by atoms with Crippen LogP contribution < -0.4 is 11.1 Å². The number of hydrogen-bond acceptors (Lipinski definition) is 3. The molecule has 0 unspecified atom stereocenters. The molecule has 1 aromatic carbocycles. The molecule has 0 saturated heterocycles. The lowest BCUT2D eigenvalue weighted by Crippen LogP contribution is -2.45. The van der Waals surface area contributed by atoms with Gasteiger partial charge in [-0.05, 0) is 23.6 Å². The monoisotopic (exact) mass is 268 g/mol. The second-order valence-corrected chi connectivity index (χ2v) is 5.33. The number of nitrogens with one attached hydrogen (secondary N) is 1. The Morgan fingerprint density at radius 3 is 2.37 bits per heavy atom. The number of carboxylic acid groups (broad SMARTS) is 1. The first-order valence-electron chi connectivity index (χ1n) is 5.72. The number of aromatic carboxylic acids is 1. The van der Waals surface area contributed by atoms with Crippen LogP contribution in [0.2, 0.25) is 0 Å². The molecule has 0 aromatic heterocycles. The quantitative estimate of drug-likeness (QED) is 0.779. The van der Waals surface area contributed by atoms with Gasteiger partial charge in [0, 0.05) is 0 Å². The van der Waals surface area contributed by atoms with E-state index in [1.165, 1.54) is 12.1 Å². The number of rotatable bonds is 3. The SMILES string of the molecule is CC(C)(C)[C@H](N)C(=O)Nc1ccc(C(=O)O)cc1F. The summed E-state index contributed by atoms with van der Waals surface area (Å²) < 4.78 is 13.6. The topological polar surface area (TPSA) is 92.4 Å². The molecule has 0 aliphatic rings. The maximum atomic E-state index is 13.6. The number of amides is 1. The molecular formula is C13H17FN2O3. The molecule has 0 heterocycles. The van der Waals surface area contributed by atoms with Crippen molar-refractivity contribution in [3.63, 3.8) is 0 Å². The second kappa shape index (κ2) is 5.36. The van der Waals surface area contributed by atoms with Gasteiger partial charge in [0.1, 0.15) is 5.82 Å². The third-order valence-corrected chi connectivity index (χ3v) is 2.69. The van der Waals surface area contributed by atoms with E-state index in [0.29, 0.717) is 0 Å². The average molecular weight is 268 g/mol. The molecule has 19 heavy (non-hydrogen) atoms. The van der Waals surface area contributed by atoms with Gasteiger partial charge in [-0.1, -0.05) is 20.8 Å². The molecule has 4 N–H and O–H groups in total. The third-order valence-electron chi connectivity index (χ3n) is 2.69. The van der Waals surface area contributed by atoms with Crippen LogP contribution in [0.5, 0.6) is 0 Å². The van der Waals surface area contributed by atoms with Crippen molar-refractivity contribution in [2.45, 2.75) is 26.8 Å². The van der Waals surface area contributed by atoms with Gasteiger partial charge < -0.3 is 16.2 Å².